The molecule has 4 rings (SSSR count). The molecule has 0 spiro atoms. The zero-order chi connectivity index (χ0) is 23.8. The Morgan fingerprint density at radius 3 is 2.67 bits per heavy atom. The maximum atomic E-state index is 13.3. The molecule has 2 aromatic carbocycles. The van der Waals surface area contributed by atoms with Crippen LogP contribution in [0.15, 0.2) is 41.3 Å². The summed E-state index contributed by atoms with van der Waals surface area (Å²) < 4.78 is 41.3. The van der Waals surface area contributed by atoms with Gasteiger partial charge in [-0.25, -0.2) is 12.8 Å². The first kappa shape index (κ1) is 23.4. The van der Waals surface area contributed by atoms with Gasteiger partial charge < -0.3 is 10.2 Å². The van der Waals surface area contributed by atoms with Crippen molar-refractivity contribution in [2.24, 2.45) is 0 Å². The first-order chi connectivity index (χ1) is 15.7. The van der Waals surface area contributed by atoms with Crippen LogP contribution in [0.3, 0.4) is 0 Å². The SMILES string of the molecule is Cc1cc(F)ccc1NC(=O)CN1C(=O)CCc2cc(S(=O)(=O)N3CCCCC3C)ccc21. The van der Waals surface area contributed by atoms with E-state index in [1.54, 1.807) is 23.4 Å². The van der Waals surface area contributed by atoms with Crippen molar-refractivity contribution in [1.82, 2.24) is 4.31 Å². The fourth-order valence-corrected chi connectivity index (χ4v) is 6.29. The summed E-state index contributed by atoms with van der Waals surface area (Å²) in [5.41, 5.74) is 2.33. The topological polar surface area (TPSA) is 86.8 Å². The van der Waals surface area contributed by atoms with E-state index in [1.807, 2.05) is 6.92 Å². The molecule has 1 saturated heterocycles. The van der Waals surface area contributed by atoms with Gasteiger partial charge in [-0.3, -0.25) is 9.59 Å². The Kier molecular flexibility index (Phi) is 6.54. The number of fused-ring (bicyclic) bond motifs is 1. The Morgan fingerprint density at radius 2 is 1.94 bits per heavy atom. The average molecular weight is 474 g/mol. The van der Waals surface area contributed by atoms with Gasteiger partial charge in [0.1, 0.15) is 12.4 Å². The number of anilines is 2. The summed E-state index contributed by atoms with van der Waals surface area (Å²) in [6, 6.07) is 8.78. The minimum absolute atomic E-state index is 0.0449. The molecule has 0 aromatic heterocycles. The molecule has 1 unspecified atom stereocenters. The van der Waals surface area contributed by atoms with E-state index < -0.39 is 21.7 Å². The molecule has 176 valence electrons. The van der Waals surface area contributed by atoms with Crippen LogP contribution in [-0.4, -0.2) is 43.7 Å². The normalized spacial score (nSPS) is 19.3. The van der Waals surface area contributed by atoms with Crippen molar-refractivity contribution in [1.29, 1.82) is 0 Å². The molecule has 1 fully saturated rings. The first-order valence-electron chi connectivity index (χ1n) is 11.2. The summed E-state index contributed by atoms with van der Waals surface area (Å²) in [7, 11) is -3.63. The van der Waals surface area contributed by atoms with Gasteiger partial charge in [0.25, 0.3) is 0 Å². The Bertz CT molecular complexity index is 1200. The Morgan fingerprint density at radius 1 is 1.15 bits per heavy atom. The van der Waals surface area contributed by atoms with Crippen molar-refractivity contribution in [2.45, 2.75) is 56.9 Å². The van der Waals surface area contributed by atoms with E-state index in [9.17, 15) is 22.4 Å². The van der Waals surface area contributed by atoms with Crippen LogP contribution >= 0.6 is 0 Å². The second-order valence-corrected chi connectivity index (χ2v) is 10.6. The number of rotatable bonds is 5. The number of piperidine rings is 1. The summed E-state index contributed by atoms with van der Waals surface area (Å²) in [5.74, 6) is -1.01. The van der Waals surface area contributed by atoms with Gasteiger partial charge in [-0.1, -0.05) is 6.42 Å². The number of hydrogen-bond acceptors (Lipinski definition) is 4. The fraction of sp³-hybridized carbons (Fsp3) is 0.417. The van der Waals surface area contributed by atoms with Crippen molar-refractivity contribution >= 4 is 33.2 Å². The van der Waals surface area contributed by atoms with Gasteiger partial charge in [-0.2, -0.15) is 4.31 Å². The molecule has 0 aliphatic carbocycles. The molecule has 33 heavy (non-hydrogen) atoms. The Labute approximate surface area is 193 Å². The molecule has 0 radical (unpaired) electrons. The van der Waals surface area contributed by atoms with Crippen LogP contribution in [0.25, 0.3) is 0 Å². The molecular weight excluding hydrogens is 445 g/mol. The third-order valence-corrected chi connectivity index (χ3v) is 8.37. The highest BCUT2D eigenvalue weighted by Gasteiger charge is 2.33. The average Bonchev–Trinajstić information content (AvgIpc) is 2.77. The maximum absolute atomic E-state index is 13.3. The minimum atomic E-state index is -3.63. The Hall–Kier alpha value is -2.78. The summed E-state index contributed by atoms with van der Waals surface area (Å²) >= 11 is 0. The van der Waals surface area contributed by atoms with E-state index >= 15 is 0 Å². The summed E-state index contributed by atoms with van der Waals surface area (Å²) in [5, 5.41) is 2.72. The number of carbonyl (C=O) groups is 2. The second-order valence-electron chi connectivity index (χ2n) is 8.74. The van der Waals surface area contributed by atoms with Crippen LogP contribution in [-0.2, 0) is 26.0 Å². The van der Waals surface area contributed by atoms with Gasteiger partial charge in [0, 0.05) is 30.4 Å². The van der Waals surface area contributed by atoms with Crippen LogP contribution in [0.4, 0.5) is 15.8 Å². The predicted molar refractivity (Wildman–Crippen MR) is 124 cm³/mol. The quantitative estimate of drug-likeness (QED) is 0.719. The first-order valence-corrected chi connectivity index (χ1v) is 12.6. The van der Waals surface area contributed by atoms with E-state index in [-0.39, 0.29) is 29.8 Å². The minimum Gasteiger partial charge on any atom is -0.324 e. The van der Waals surface area contributed by atoms with Crippen molar-refractivity contribution in [3.8, 4) is 0 Å². The van der Waals surface area contributed by atoms with Gasteiger partial charge in [0.15, 0.2) is 0 Å². The van der Waals surface area contributed by atoms with Crippen molar-refractivity contribution in [3.05, 3.63) is 53.3 Å². The number of hydrogen-bond donors (Lipinski definition) is 1. The monoisotopic (exact) mass is 473 g/mol. The standard InChI is InChI=1S/C24H28FN3O4S/c1-16-13-19(25)7-9-21(16)26-23(29)15-27-22-10-8-20(14-18(22)6-11-24(27)30)33(31,32)28-12-4-3-5-17(28)2/h7-10,13-14,17H,3-6,11-12,15H2,1-2H3,(H,26,29). The smallest absolute Gasteiger partial charge is 0.244 e. The largest absolute Gasteiger partial charge is 0.324 e. The number of nitrogens with one attached hydrogen (secondary N) is 1. The van der Waals surface area contributed by atoms with Crippen LogP contribution < -0.4 is 10.2 Å². The highest BCUT2D eigenvalue weighted by atomic mass is 32.2. The number of amides is 2. The van der Waals surface area contributed by atoms with Gasteiger partial charge in [0.05, 0.1) is 4.90 Å². The van der Waals surface area contributed by atoms with Crippen molar-refractivity contribution in [2.75, 3.05) is 23.3 Å². The van der Waals surface area contributed by atoms with Crippen LogP contribution in [0.5, 0.6) is 0 Å². The van der Waals surface area contributed by atoms with Crippen LogP contribution in [0.2, 0.25) is 0 Å². The van der Waals surface area contributed by atoms with E-state index in [4.69, 9.17) is 0 Å². The molecule has 7 nitrogen and oxygen atoms in total. The van der Waals surface area contributed by atoms with Crippen molar-refractivity contribution < 1.29 is 22.4 Å². The van der Waals surface area contributed by atoms with Crippen LogP contribution in [0, 0.1) is 12.7 Å². The predicted octanol–water partition coefficient (Wildman–Crippen LogP) is 3.62. The zero-order valence-corrected chi connectivity index (χ0v) is 19.6. The molecule has 0 bridgehead atoms. The van der Waals surface area contributed by atoms with E-state index in [2.05, 4.69) is 5.32 Å². The zero-order valence-electron chi connectivity index (χ0n) is 18.8. The Balaban J connectivity index is 1.55. The molecule has 2 aliphatic heterocycles. The molecule has 2 heterocycles. The molecule has 2 aromatic rings. The number of aryl methyl sites for hydroxylation is 2. The molecule has 1 atom stereocenters. The highest BCUT2D eigenvalue weighted by Crippen LogP contribution is 2.32. The van der Waals surface area contributed by atoms with Crippen LogP contribution in [0.1, 0.15) is 43.7 Å². The summed E-state index contributed by atoms with van der Waals surface area (Å²) in [6.07, 6.45) is 3.32. The maximum Gasteiger partial charge on any atom is 0.244 e. The lowest BCUT2D eigenvalue weighted by Gasteiger charge is -2.33. The summed E-state index contributed by atoms with van der Waals surface area (Å²) in [4.78, 5) is 26.8. The lowest BCUT2D eigenvalue weighted by Crippen LogP contribution is -2.42. The number of carbonyl (C=O) groups excluding carboxylic acids is 2. The molecule has 2 amide bonds. The lowest BCUT2D eigenvalue weighted by atomic mass is 10.0. The summed E-state index contributed by atoms with van der Waals surface area (Å²) in [6.45, 7) is 3.91. The fourth-order valence-electron chi connectivity index (χ4n) is 4.54. The molecule has 1 N–H and O–H groups in total. The lowest BCUT2D eigenvalue weighted by molar-refractivity contribution is -0.121. The molecule has 9 heteroatoms. The van der Waals surface area contributed by atoms with E-state index in [1.165, 1.54) is 29.2 Å². The van der Waals surface area contributed by atoms with Gasteiger partial charge in [-0.15, -0.1) is 0 Å². The van der Waals surface area contributed by atoms with E-state index in [0.29, 0.717) is 29.9 Å². The second kappa shape index (κ2) is 9.23. The molecule has 2 aliphatic rings. The van der Waals surface area contributed by atoms with Gasteiger partial charge >= 0.3 is 0 Å². The van der Waals surface area contributed by atoms with Crippen molar-refractivity contribution in [3.63, 3.8) is 0 Å². The van der Waals surface area contributed by atoms with E-state index in [0.717, 1.165) is 24.8 Å². The van der Waals surface area contributed by atoms with Gasteiger partial charge in [-0.05, 0) is 80.6 Å². The molecule has 0 saturated carbocycles. The highest BCUT2D eigenvalue weighted by molar-refractivity contribution is 7.89. The number of benzene rings is 2. The third-order valence-electron chi connectivity index (χ3n) is 6.36. The number of sulfonamides is 1. The van der Waals surface area contributed by atoms with Gasteiger partial charge in [0.2, 0.25) is 21.8 Å². The third kappa shape index (κ3) is 4.79. The number of halogens is 1. The number of nitrogens with zero attached hydrogens (tertiary/aromatic N) is 2. The molecular formula is C24H28FN3O4S.